The van der Waals surface area contributed by atoms with Gasteiger partial charge in [0.2, 0.25) is 0 Å². The lowest BCUT2D eigenvalue weighted by Crippen LogP contribution is -2.39. The van der Waals surface area contributed by atoms with Gasteiger partial charge in [0, 0.05) is 16.7 Å². The summed E-state index contributed by atoms with van der Waals surface area (Å²) in [5, 5.41) is 4.76. The van der Waals surface area contributed by atoms with Crippen LogP contribution in [0.25, 0.3) is 22.6 Å². The maximum atomic E-state index is 13.9. The Morgan fingerprint density at radius 1 is 0.912 bits per heavy atom. The molecule has 4 aromatic rings. The van der Waals surface area contributed by atoms with Gasteiger partial charge in [-0.3, -0.25) is 14.5 Å². The number of hydrogen-bond donors (Lipinski definition) is 0. The second-order valence-corrected chi connectivity index (χ2v) is 8.18. The lowest BCUT2D eigenvalue weighted by Gasteiger charge is -2.35. The van der Waals surface area contributed by atoms with Gasteiger partial charge in [0.05, 0.1) is 25.5 Å². The molecule has 0 aliphatic carbocycles. The van der Waals surface area contributed by atoms with Crippen molar-refractivity contribution in [2.75, 3.05) is 19.1 Å². The Labute approximate surface area is 195 Å². The number of carbonyl (C=O) groups excluding carboxylic acids is 1. The fourth-order valence-electron chi connectivity index (χ4n) is 4.90. The number of amides is 1. The van der Waals surface area contributed by atoms with Crippen molar-refractivity contribution in [1.29, 1.82) is 0 Å². The second-order valence-electron chi connectivity index (χ2n) is 8.18. The molecule has 0 saturated carbocycles. The number of rotatable bonds is 3. The van der Waals surface area contributed by atoms with Crippen molar-refractivity contribution in [3.05, 3.63) is 87.7 Å². The largest absolute Gasteiger partial charge is 0.493 e. The standard InChI is InChI=1S/C26H20N4O4/c1-14-8-7-11-17-21(14)29-25(16-12-13-18(33-2)22(34-3)19(16)26(29)32)30-23(17)27-24(31)20(28-30)15-9-5-4-6-10-15/h4-13,25H,1-3H3. The lowest BCUT2D eigenvalue weighted by molar-refractivity contribution is 0.0983. The van der Waals surface area contributed by atoms with Crippen molar-refractivity contribution < 1.29 is 14.3 Å². The van der Waals surface area contributed by atoms with E-state index < -0.39 is 11.7 Å². The minimum Gasteiger partial charge on any atom is -0.493 e. The van der Waals surface area contributed by atoms with Gasteiger partial charge in [-0.25, -0.2) is 4.68 Å². The Bertz CT molecular complexity index is 1540. The van der Waals surface area contributed by atoms with Crippen LogP contribution in [0.3, 0.4) is 0 Å². The number of aromatic nitrogens is 3. The average Bonchev–Trinajstić information content (AvgIpc) is 3.16. The second kappa shape index (κ2) is 7.28. The van der Waals surface area contributed by atoms with Crippen LogP contribution < -0.4 is 19.9 Å². The zero-order chi connectivity index (χ0) is 23.6. The molecular weight excluding hydrogens is 432 g/mol. The van der Waals surface area contributed by atoms with Crippen molar-refractivity contribution in [1.82, 2.24) is 14.8 Å². The first-order chi connectivity index (χ1) is 16.5. The summed E-state index contributed by atoms with van der Waals surface area (Å²) < 4.78 is 12.7. The number of nitrogens with zero attached hydrogens (tertiary/aromatic N) is 4. The van der Waals surface area contributed by atoms with Crippen LogP contribution in [-0.2, 0) is 0 Å². The Kier molecular flexibility index (Phi) is 4.32. The van der Waals surface area contributed by atoms with Gasteiger partial charge in [-0.2, -0.15) is 10.1 Å². The molecule has 8 heteroatoms. The third kappa shape index (κ3) is 2.59. The molecule has 1 aromatic heterocycles. The number of methoxy groups -OCH3 is 2. The number of anilines is 1. The van der Waals surface area contributed by atoms with E-state index in [0.717, 1.165) is 5.56 Å². The Hall–Kier alpha value is -4.46. The summed E-state index contributed by atoms with van der Waals surface area (Å²) in [4.78, 5) is 33.1. The van der Waals surface area contributed by atoms with Gasteiger partial charge in [-0.15, -0.1) is 0 Å². The third-order valence-electron chi connectivity index (χ3n) is 6.37. The molecule has 0 N–H and O–H groups in total. The maximum Gasteiger partial charge on any atom is 0.300 e. The summed E-state index contributed by atoms with van der Waals surface area (Å²) in [7, 11) is 3.05. The van der Waals surface area contributed by atoms with Crippen molar-refractivity contribution in [3.8, 4) is 34.1 Å². The van der Waals surface area contributed by atoms with Crippen LogP contribution in [0.1, 0.15) is 27.7 Å². The van der Waals surface area contributed by atoms with Crippen molar-refractivity contribution in [3.63, 3.8) is 0 Å². The summed E-state index contributed by atoms with van der Waals surface area (Å²) in [6, 6.07) is 18.5. The number of para-hydroxylation sites is 1. The van der Waals surface area contributed by atoms with Gasteiger partial charge >= 0.3 is 0 Å². The summed E-state index contributed by atoms with van der Waals surface area (Å²) >= 11 is 0. The highest BCUT2D eigenvalue weighted by Gasteiger charge is 2.47. The van der Waals surface area contributed by atoms with E-state index in [4.69, 9.17) is 14.6 Å². The van der Waals surface area contributed by atoms with E-state index in [9.17, 15) is 9.59 Å². The van der Waals surface area contributed by atoms with E-state index in [-0.39, 0.29) is 11.6 Å². The Balaban J connectivity index is 1.71. The van der Waals surface area contributed by atoms with Crippen LogP contribution in [0.2, 0.25) is 0 Å². The predicted molar refractivity (Wildman–Crippen MR) is 126 cm³/mol. The zero-order valence-corrected chi connectivity index (χ0v) is 18.8. The number of ether oxygens (including phenoxy) is 2. The highest BCUT2D eigenvalue weighted by Crippen LogP contribution is 2.51. The van der Waals surface area contributed by atoms with Crippen molar-refractivity contribution in [2.45, 2.75) is 13.1 Å². The highest BCUT2D eigenvalue weighted by atomic mass is 16.5. The first-order valence-electron chi connectivity index (χ1n) is 10.8. The summed E-state index contributed by atoms with van der Waals surface area (Å²) in [6.07, 6.45) is -0.624. The fourth-order valence-corrected chi connectivity index (χ4v) is 4.90. The quantitative estimate of drug-likeness (QED) is 0.470. The molecule has 1 amide bonds. The summed E-state index contributed by atoms with van der Waals surface area (Å²) in [5.74, 6) is 1.03. The van der Waals surface area contributed by atoms with E-state index >= 15 is 0 Å². The maximum absolute atomic E-state index is 13.9. The van der Waals surface area contributed by atoms with Gasteiger partial charge in [0.1, 0.15) is 0 Å². The van der Waals surface area contributed by atoms with Crippen molar-refractivity contribution >= 4 is 11.6 Å². The third-order valence-corrected chi connectivity index (χ3v) is 6.37. The summed E-state index contributed by atoms with van der Waals surface area (Å²) in [6.45, 7) is 1.93. The molecule has 0 bridgehead atoms. The van der Waals surface area contributed by atoms with E-state index in [1.54, 1.807) is 15.6 Å². The first kappa shape index (κ1) is 20.2. The predicted octanol–water partition coefficient (Wildman–Crippen LogP) is 3.82. The smallest absolute Gasteiger partial charge is 0.300 e. The molecule has 168 valence electrons. The van der Waals surface area contributed by atoms with Gasteiger partial charge in [0.15, 0.2) is 29.2 Å². The van der Waals surface area contributed by atoms with Gasteiger partial charge in [-0.1, -0.05) is 48.5 Å². The zero-order valence-electron chi connectivity index (χ0n) is 18.8. The molecule has 2 aliphatic heterocycles. The average molecular weight is 452 g/mol. The Morgan fingerprint density at radius 3 is 2.44 bits per heavy atom. The number of benzene rings is 3. The van der Waals surface area contributed by atoms with Crippen LogP contribution in [0.5, 0.6) is 11.5 Å². The molecule has 0 fully saturated rings. The molecule has 6 rings (SSSR count). The molecule has 1 atom stereocenters. The number of aryl methyl sites for hydroxylation is 1. The van der Waals surface area contributed by atoms with Crippen molar-refractivity contribution in [2.24, 2.45) is 0 Å². The van der Waals surface area contributed by atoms with Gasteiger partial charge in [0.25, 0.3) is 11.5 Å². The number of hydrogen-bond acceptors (Lipinski definition) is 6. The van der Waals surface area contributed by atoms with Crippen LogP contribution in [0.4, 0.5) is 5.69 Å². The minimum absolute atomic E-state index is 0.223. The molecule has 0 saturated heterocycles. The molecule has 3 aromatic carbocycles. The minimum atomic E-state index is -0.624. The molecule has 0 spiro atoms. The number of carbonyl (C=O) groups is 1. The van der Waals surface area contributed by atoms with E-state index in [2.05, 4.69) is 4.98 Å². The van der Waals surface area contributed by atoms with E-state index in [0.29, 0.717) is 45.3 Å². The molecule has 1 unspecified atom stereocenters. The fraction of sp³-hybridized carbons (Fsp3) is 0.154. The first-order valence-corrected chi connectivity index (χ1v) is 10.8. The normalized spacial score (nSPS) is 15.3. The SMILES string of the molecule is COc1ccc2c(c1OC)C(=O)N1c3c(C)cccc3-c3nc(=O)c(-c4ccccc4)nn3C21. The van der Waals surface area contributed by atoms with E-state index in [1.807, 2.05) is 61.5 Å². The monoisotopic (exact) mass is 452 g/mol. The molecule has 2 aliphatic rings. The lowest BCUT2D eigenvalue weighted by atomic mass is 10.0. The molecule has 0 radical (unpaired) electrons. The molecule has 34 heavy (non-hydrogen) atoms. The van der Waals surface area contributed by atoms with Crippen LogP contribution >= 0.6 is 0 Å². The van der Waals surface area contributed by atoms with Crippen LogP contribution in [0, 0.1) is 6.92 Å². The van der Waals surface area contributed by atoms with Crippen LogP contribution in [0.15, 0.2) is 65.5 Å². The molecule has 3 heterocycles. The number of fused-ring (bicyclic) bond motifs is 8. The summed E-state index contributed by atoms with van der Waals surface area (Å²) in [5.41, 5.74) is 3.85. The van der Waals surface area contributed by atoms with E-state index in [1.165, 1.54) is 14.2 Å². The Morgan fingerprint density at radius 2 is 1.71 bits per heavy atom. The topological polar surface area (TPSA) is 86.6 Å². The van der Waals surface area contributed by atoms with Gasteiger partial charge in [-0.05, 0) is 24.6 Å². The highest BCUT2D eigenvalue weighted by molar-refractivity contribution is 6.15. The van der Waals surface area contributed by atoms with Gasteiger partial charge < -0.3 is 9.47 Å². The molecular formula is C26H20N4O4. The van der Waals surface area contributed by atoms with Crippen LogP contribution in [-0.4, -0.2) is 34.9 Å². The molecule has 8 nitrogen and oxygen atoms in total.